The van der Waals surface area contributed by atoms with Gasteiger partial charge in [0.05, 0.1) is 5.69 Å². The normalized spacial score (nSPS) is 10.5. The van der Waals surface area contributed by atoms with Crippen molar-refractivity contribution in [2.45, 2.75) is 6.42 Å². The lowest BCUT2D eigenvalue weighted by molar-refractivity contribution is 0.915. The number of H-pyrrole nitrogens is 1. The van der Waals surface area contributed by atoms with E-state index in [-0.39, 0.29) is 5.69 Å². The second kappa shape index (κ2) is 4.14. The molecule has 3 N–H and O–H groups in total. The van der Waals surface area contributed by atoms with E-state index < -0.39 is 0 Å². The zero-order valence-corrected chi connectivity index (χ0v) is 8.31. The predicted molar refractivity (Wildman–Crippen MR) is 59.1 cm³/mol. The number of nitrogens with two attached hydrogens (primary N) is 1. The van der Waals surface area contributed by atoms with Crippen molar-refractivity contribution in [3.63, 3.8) is 0 Å². The highest BCUT2D eigenvalue weighted by atomic mass is 16.1. The molecular formula is C11H13N3O. The molecule has 2 rings (SSSR count). The fourth-order valence-corrected chi connectivity index (χ4v) is 1.62. The molecule has 1 aromatic carbocycles. The molecule has 0 saturated carbocycles. The molecule has 0 saturated heterocycles. The van der Waals surface area contributed by atoms with E-state index in [1.54, 1.807) is 17.0 Å². The second-order valence-electron chi connectivity index (χ2n) is 3.30. The Labute approximate surface area is 87.4 Å². The largest absolute Gasteiger partial charge is 0.330 e. The first kappa shape index (κ1) is 9.73. The van der Waals surface area contributed by atoms with Crippen molar-refractivity contribution in [2.24, 2.45) is 5.73 Å². The van der Waals surface area contributed by atoms with Crippen molar-refractivity contribution >= 4 is 0 Å². The Bertz CT molecular complexity index is 498. The van der Waals surface area contributed by atoms with Gasteiger partial charge in [-0.2, -0.15) is 0 Å². The number of aromatic nitrogens is 2. The molecule has 0 unspecified atom stereocenters. The van der Waals surface area contributed by atoms with E-state index in [0.29, 0.717) is 6.54 Å². The van der Waals surface area contributed by atoms with Gasteiger partial charge in [0.25, 0.3) is 0 Å². The van der Waals surface area contributed by atoms with Crippen molar-refractivity contribution in [3.05, 3.63) is 52.7 Å². The maximum atomic E-state index is 11.5. The van der Waals surface area contributed by atoms with Gasteiger partial charge >= 0.3 is 5.69 Å². The van der Waals surface area contributed by atoms with Crippen molar-refractivity contribution in [1.82, 2.24) is 9.55 Å². The van der Waals surface area contributed by atoms with Gasteiger partial charge < -0.3 is 10.7 Å². The average molecular weight is 203 g/mol. The summed E-state index contributed by atoms with van der Waals surface area (Å²) in [6, 6.07) is 7.77. The van der Waals surface area contributed by atoms with Gasteiger partial charge in [-0.05, 0) is 24.6 Å². The SMILES string of the molecule is NCCc1ccccc1-n1cc[nH]c1=O. The van der Waals surface area contributed by atoms with Crippen LogP contribution in [0, 0.1) is 0 Å². The molecule has 0 fully saturated rings. The molecular weight excluding hydrogens is 190 g/mol. The van der Waals surface area contributed by atoms with E-state index in [0.717, 1.165) is 17.7 Å². The van der Waals surface area contributed by atoms with Crippen LogP contribution in [0.5, 0.6) is 0 Å². The van der Waals surface area contributed by atoms with Crippen LogP contribution in [-0.2, 0) is 6.42 Å². The van der Waals surface area contributed by atoms with Crippen LogP contribution in [0.1, 0.15) is 5.56 Å². The number of hydrogen-bond acceptors (Lipinski definition) is 2. The summed E-state index contributed by atoms with van der Waals surface area (Å²) in [5.41, 5.74) is 7.38. The van der Waals surface area contributed by atoms with Crippen LogP contribution in [0.3, 0.4) is 0 Å². The Hall–Kier alpha value is -1.81. The van der Waals surface area contributed by atoms with Crippen molar-refractivity contribution in [3.8, 4) is 5.69 Å². The third-order valence-electron chi connectivity index (χ3n) is 2.31. The smallest absolute Gasteiger partial charge is 0.330 e. The number of hydrogen-bond donors (Lipinski definition) is 2. The highest BCUT2D eigenvalue weighted by molar-refractivity contribution is 5.41. The molecule has 0 aliphatic rings. The third-order valence-corrected chi connectivity index (χ3v) is 2.31. The lowest BCUT2D eigenvalue weighted by Crippen LogP contribution is -2.16. The molecule has 0 aliphatic heterocycles. The molecule has 1 aromatic heterocycles. The zero-order chi connectivity index (χ0) is 10.7. The van der Waals surface area contributed by atoms with Gasteiger partial charge in [0.1, 0.15) is 0 Å². The van der Waals surface area contributed by atoms with Crippen LogP contribution in [0.4, 0.5) is 0 Å². The fraction of sp³-hybridized carbons (Fsp3) is 0.182. The molecule has 4 nitrogen and oxygen atoms in total. The van der Waals surface area contributed by atoms with Gasteiger partial charge in [-0.15, -0.1) is 0 Å². The molecule has 0 amide bonds. The fourth-order valence-electron chi connectivity index (χ4n) is 1.62. The van der Waals surface area contributed by atoms with Gasteiger partial charge in [-0.1, -0.05) is 18.2 Å². The minimum atomic E-state index is -0.125. The lowest BCUT2D eigenvalue weighted by atomic mass is 10.1. The van der Waals surface area contributed by atoms with E-state index in [1.165, 1.54) is 0 Å². The van der Waals surface area contributed by atoms with Crippen LogP contribution < -0.4 is 11.4 Å². The van der Waals surface area contributed by atoms with E-state index >= 15 is 0 Å². The van der Waals surface area contributed by atoms with Crippen molar-refractivity contribution in [1.29, 1.82) is 0 Å². The number of aromatic amines is 1. The summed E-state index contributed by atoms with van der Waals surface area (Å²) in [4.78, 5) is 14.1. The minimum Gasteiger partial charge on any atom is -0.330 e. The Morgan fingerprint density at radius 2 is 2.13 bits per heavy atom. The number of imidazole rings is 1. The molecule has 0 atom stereocenters. The minimum absolute atomic E-state index is 0.125. The third kappa shape index (κ3) is 1.85. The van der Waals surface area contributed by atoms with E-state index in [4.69, 9.17) is 5.73 Å². The van der Waals surface area contributed by atoms with Gasteiger partial charge in [-0.25, -0.2) is 4.79 Å². The van der Waals surface area contributed by atoms with Crippen LogP contribution in [0.25, 0.3) is 5.69 Å². The van der Waals surface area contributed by atoms with Crippen LogP contribution in [0.15, 0.2) is 41.5 Å². The standard InChI is InChI=1S/C11H13N3O/c12-6-5-9-3-1-2-4-10(9)14-8-7-13-11(14)15/h1-4,7-8H,5-6,12H2,(H,13,15). The Kier molecular flexibility index (Phi) is 2.69. The summed E-state index contributed by atoms with van der Waals surface area (Å²) in [6.45, 7) is 0.580. The molecule has 0 aliphatic carbocycles. The van der Waals surface area contributed by atoms with E-state index in [2.05, 4.69) is 4.98 Å². The predicted octanol–water partition coefficient (Wildman–Crippen LogP) is 0.667. The van der Waals surface area contributed by atoms with Crippen LogP contribution in [0.2, 0.25) is 0 Å². The van der Waals surface area contributed by atoms with Gasteiger partial charge in [-0.3, -0.25) is 4.57 Å². The first-order chi connectivity index (χ1) is 7.33. The highest BCUT2D eigenvalue weighted by Gasteiger charge is 2.04. The van der Waals surface area contributed by atoms with E-state index in [1.807, 2.05) is 24.3 Å². The Morgan fingerprint density at radius 3 is 2.80 bits per heavy atom. The maximum Gasteiger partial charge on any atom is 0.330 e. The zero-order valence-electron chi connectivity index (χ0n) is 8.31. The topological polar surface area (TPSA) is 63.8 Å². The summed E-state index contributed by atoms with van der Waals surface area (Å²) < 4.78 is 1.59. The highest BCUT2D eigenvalue weighted by Crippen LogP contribution is 2.12. The summed E-state index contributed by atoms with van der Waals surface area (Å²) in [7, 11) is 0. The molecule has 4 heteroatoms. The molecule has 0 spiro atoms. The second-order valence-corrected chi connectivity index (χ2v) is 3.30. The summed E-state index contributed by atoms with van der Waals surface area (Å²) in [5, 5.41) is 0. The first-order valence-electron chi connectivity index (χ1n) is 4.87. The van der Waals surface area contributed by atoms with E-state index in [9.17, 15) is 4.79 Å². The van der Waals surface area contributed by atoms with Gasteiger partial charge in [0, 0.05) is 12.4 Å². The number of benzene rings is 1. The number of nitrogens with one attached hydrogen (secondary N) is 1. The average Bonchev–Trinajstić information content (AvgIpc) is 2.66. The first-order valence-corrected chi connectivity index (χ1v) is 4.87. The lowest BCUT2D eigenvalue weighted by Gasteiger charge is -2.07. The Morgan fingerprint density at radius 1 is 1.33 bits per heavy atom. The molecule has 2 aromatic rings. The van der Waals surface area contributed by atoms with Crippen LogP contribution >= 0.6 is 0 Å². The maximum absolute atomic E-state index is 11.5. The van der Waals surface area contributed by atoms with Crippen molar-refractivity contribution in [2.75, 3.05) is 6.54 Å². The molecule has 0 radical (unpaired) electrons. The number of nitrogens with zero attached hydrogens (tertiary/aromatic N) is 1. The molecule has 1 heterocycles. The molecule has 15 heavy (non-hydrogen) atoms. The van der Waals surface area contributed by atoms with Gasteiger partial charge in [0.15, 0.2) is 0 Å². The summed E-state index contributed by atoms with van der Waals surface area (Å²) in [6.07, 6.45) is 4.12. The molecule has 78 valence electrons. The Balaban J connectivity index is 2.52. The van der Waals surface area contributed by atoms with Crippen LogP contribution in [-0.4, -0.2) is 16.1 Å². The molecule has 0 bridgehead atoms. The number of para-hydroxylation sites is 1. The van der Waals surface area contributed by atoms with Gasteiger partial charge in [0.2, 0.25) is 0 Å². The summed E-state index contributed by atoms with van der Waals surface area (Å²) in [5.74, 6) is 0. The van der Waals surface area contributed by atoms with Crippen molar-refractivity contribution < 1.29 is 0 Å². The summed E-state index contributed by atoms with van der Waals surface area (Å²) >= 11 is 0. The number of rotatable bonds is 3. The monoisotopic (exact) mass is 203 g/mol. The quantitative estimate of drug-likeness (QED) is 0.770.